The number of hydrazine groups is 1. The number of hydrogen-bond donors (Lipinski definition) is 3. The van der Waals surface area contributed by atoms with Crippen LogP contribution in [0.25, 0.3) is 0 Å². The molecule has 0 aromatic carbocycles. The van der Waals surface area contributed by atoms with E-state index in [2.05, 4.69) is 25.6 Å². The number of nitrogens with two attached hydrogens (primary N) is 1. The van der Waals surface area contributed by atoms with E-state index in [0.29, 0.717) is 12.0 Å². The summed E-state index contributed by atoms with van der Waals surface area (Å²) in [5.41, 5.74) is 2.47. The summed E-state index contributed by atoms with van der Waals surface area (Å²) in [6, 6.07) is 3.18. The number of aromatic nitrogens is 2. The second kappa shape index (κ2) is 5.07. The SMILES string of the molecule is NNc1nccc(NC2CCN3CCCC3C2)n1. The zero-order valence-electron chi connectivity index (χ0n) is 10.5. The second-order valence-corrected chi connectivity index (χ2v) is 5.11. The Morgan fingerprint density at radius 1 is 1.33 bits per heavy atom. The summed E-state index contributed by atoms with van der Waals surface area (Å²) in [6.45, 7) is 2.49. The highest BCUT2D eigenvalue weighted by Crippen LogP contribution is 2.28. The molecule has 0 saturated carbocycles. The van der Waals surface area contributed by atoms with Gasteiger partial charge in [-0.1, -0.05) is 0 Å². The molecule has 0 amide bonds. The van der Waals surface area contributed by atoms with Crippen LogP contribution < -0.4 is 16.6 Å². The summed E-state index contributed by atoms with van der Waals surface area (Å²) in [6.07, 6.45) is 6.82. The van der Waals surface area contributed by atoms with Crippen LogP contribution in [0.2, 0.25) is 0 Å². The van der Waals surface area contributed by atoms with Gasteiger partial charge in [-0.25, -0.2) is 10.8 Å². The molecule has 2 aliphatic rings. The first-order valence-corrected chi connectivity index (χ1v) is 6.65. The van der Waals surface area contributed by atoms with E-state index in [0.717, 1.165) is 11.9 Å². The fraction of sp³-hybridized carbons (Fsp3) is 0.667. The number of nitrogens with one attached hydrogen (secondary N) is 2. The van der Waals surface area contributed by atoms with E-state index in [1.807, 2.05) is 6.07 Å². The molecule has 98 valence electrons. The molecule has 1 aromatic rings. The fourth-order valence-corrected chi connectivity index (χ4v) is 3.07. The van der Waals surface area contributed by atoms with Gasteiger partial charge in [-0.3, -0.25) is 5.43 Å². The molecule has 6 nitrogen and oxygen atoms in total. The molecule has 3 heterocycles. The first-order chi connectivity index (χ1) is 8.85. The first-order valence-electron chi connectivity index (χ1n) is 6.65. The highest BCUT2D eigenvalue weighted by Gasteiger charge is 2.31. The Labute approximate surface area is 107 Å². The zero-order valence-corrected chi connectivity index (χ0v) is 10.5. The Hall–Kier alpha value is -1.40. The molecule has 0 aliphatic carbocycles. The van der Waals surface area contributed by atoms with E-state index in [-0.39, 0.29) is 0 Å². The summed E-state index contributed by atoms with van der Waals surface area (Å²) in [4.78, 5) is 10.9. The van der Waals surface area contributed by atoms with Crippen LogP contribution in [0.15, 0.2) is 12.3 Å². The summed E-state index contributed by atoms with van der Waals surface area (Å²) in [7, 11) is 0. The molecule has 0 bridgehead atoms. The third-order valence-corrected chi connectivity index (χ3v) is 3.96. The predicted octanol–water partition coefficient (Wildman–Crippen LogP) is 0.801. The van der Waals surface area contributed by atoms with Crippen molar-refractivity contribution in [2.45, 2.75) is 37.8 Å². The number of fused-ring (bicyclic) bond motifs is 1. The minimum atomic E-state index is 0.457. The number of rotatable bonds is 3. The summed E-state index contributed by atoms with van der Waals surface area (Å²) in [5.74, 6) is 6.63. The van der Waals surface area contributed by atoms with E-state index >= 15 is 0 Å². The number of nitrogen functional groups attached to an aromatic ring is 1. The van der Waals surface area contributed by atoms with Gasteiger partial charge in [0.15, 0.2) is 0 Å². The summed E-state index contributed by atoms with van der Waals surface area (Å²) >= 11 is 0. The molecule has 6 heteroatoms. The molecule has 0 radical (unpaired) electrons. The maximum absolute atomic E-state index is 5.31. The molecular weight excluding hydrogens is 228 g/mol. The van der Waals surface area contributed by atoms with Crippen molar-refractivity contribution < 1.29 is 0 Å². The molecule has 4 N–H and O–H groups in total. The van der Waals surface area contributed by atoms with Crippen molar-refractivity contribution in [2.24, 2.45) is 5.84 Å². The van der Waals surface area contributed by atoms with E-state index < -0.39 is 0 Å². The van der Waals surface area contributed by atoms with Gasteiger partial charge in [0.25, 0.3) is 0 Å². The average molecular weight is 248 g/mol. The summed E-state index contributed by atoms with van der Waals surface area (Å²) < 4.78 is 0. The van der Waals surface area contributed by atoms with Crippen LogP contribution in [0, 0.1) is 0 Å². The van der Waals surface area contributed by atoms with Crippen molar-refractivity contribution in [1.82, 2.24) is 14.9 Å². The van der Waals surface area contributed by atoms with Crippen molar-refractivity contribution in [3.8, 4) is 0 Å². The molecule has 2 unspecified atom stereocenters. The maximum Gasteiger partial charge on any atom is 0.239 e. The van der Waals surface area contributed by atoms with Crippen LogP contribution in [-0.2, 0) is 0 Å². The monoisotopic (exact) mass is 248 g/mol. The molecule has 2 atom stereocenters. The first kappa shape index (κ1) is 11.7. The minimum Gasteiger partial charge on any atom is -0.367 e. The lowest BCUT2D eigenvalue weighted by Gasteiger charge is -2.35. The van der Waals surface area contributed by atoms with Crippen LogP contribution in [-0.4, -0.2) is 40.0 Å². The lowest BCUT2D eigenvalue weighted by molar-refractivity contribution is 0.188. The van der Waals surface area contributed by atoms with Gasteiger partial charge in [-0.05, 0) is 38.3 Å². The van der Waals surface area contributed by atoms with Crippen molar-refractivity contribution >= 4 is 11.8 Å². The van der Waals surface area contributed by atoms with Gasteiger partial charge >= 0.3 is 0 Å². The molecule has 3 rings (SSSR count). The van der Waals surface area contributed by atoms with E-state index in [1.165, 1.54) is 38.8 Å². The van der Waals surface area contributed by atoms with Gasteiger partial charge in [-0.2, -0.15) is 4.98 Å². The lowest BCUT2D eigenvalue weighted by Crippen LogP contribution is -2.42. The fourth-order valence-electron chi connectivity index (χ4n) is 3.07. The van der Waals surface area contributed by atoms with Crippen molar-refractivity contribution in [3.05, 3.63) is 12.3 Å². The Balaban J connectivity index is 1.62. The Kier molecular flexibility index (Phi) is 3.29. The Bertz CT molecular complexity index is 409. The topological polar surface area (TPSA) is 79.1 Å². The van der Waals surface area contributed by atoms with E-state index in [1.54, 1.807) is 6.20 Å². The average Bonchev–Trinajstić information content (AvgIpc) is 2.86. The zero-order chi connectivity index (χ0) is 12.4. The number of nitrogens with zero attached hydrogens (tertiary/aromatic N) is 3. The highest BCUT2D eigenvalue weighted by molar-refractivity contribution is 5.39. The third-order valence-electron chi connectivity index (χ3n) is 3.96. The van der Waals surface area contributed by atoms with Crippen molar-refractivity contribution in [3.63, 3.8) is 0 Å². The Morgan fingerprint density at radius 3 is 3.17 bits per heavy atom. The van der Waals surface area contributed by atoms with Gasteiger partial charge in [0.1, 0.15) is 5.82 Å². The molecule has 2 saturated heterocycles. The van der Waals surface area contributed by atoms with E-state index in [9.17, 15) is 0 Å². The van der Waals surface area contributed by atoms with Gasteiger partial charge in [0, 0.05) is 24.8 Å². The van der Waals surface area contributed by atoms with Crippen LogP contribution in [0.1, 0.15) is 25.7 Å². The van der Waals surface area contributed by atoms with Gasteiger partial charge in [-0.15, -0.1) is 0 Å². The second-order valence-electron chi connectivity index (χ2n) is 5.11. The van der Waals surface area contributed by atoms with Crippen LogP contribution in [0.4, 0.5) is 11.8 Å². The number of hydrogen-bond acceptors (Lipinski definition) is 6. The van der Waals surface area contributed by atoms with Crippen molar-refractivity contribution in [1.29, 1.82) is 0 Å². The molecule has 18 heavy (non-hydrogen) atoms. The normalized spacial score (nSPS) is 27.8. The van der Waals surface area contributed by atoms with Gasteiger partial charge < -0.3 is 10.2 Å². The predicted molar refractivity (Wildman–Crippen MR) is 71.1 cm³/mol. The lowest BCUT2D eigenvalue weighted by atomic mass is 9.98. The Morgan fingerprint density at radius 2 is 2.28 bits per heavy atom. The van der Waals surface area contributed by atoms with Crippen molar-refractivity contribution in [2.75, 3.05) is 23.8 Å². The minimum absolute atomic E-state index is 0.457. The molecular formula is C12H20N6. The highest BCUT2D eigenvalue weighted by atomic mass is 15.3. The molecule has 0 spiro atoms. The smallest absolute Gasteiger partial charge is 0.239 e. The van der Waals surface area contributed by atoms with Gasteiger partial charge in [0.05, 0.1) is 0 Å². The number of piperidine rings is 1. The summed E-state index contributed by atoms with van der Waals surface area (Å²) in [5, 5.41) is 3.49. The molecule has 2 fully saturated rings. The third kappa shape index (κ3) is 2.39. The number of anilines is 2. The standard InChI is InChI=1S/C12H20N6/c13-17-12-14-5-3-11(16-12)15-9-4-7-18-6-1-2-10(18)8-9/h3,5,9-10H,1-2,4,6-8,13H2,(H2,14,15,16,17). The van der Waals surface area contributed by atoms with Crippen LogP contribution in [0.3, 0.4) is 0 Å². The van der Waals surface area contributed by atoms with Gasteiger partial charge in [0.2, 0.25) is 5.95 Å². The molecule has 2 aliphatic heterocycles. The molecule has 1 aromatic heterocycles. The maximum atomic E-state index is 5.31. The van der Waals surface area contributed by atoms with E-state index in [4.69, 9.17) is 5.84 Å². The quantitative estimate of drug-likeness (QED) is 0.542. The van der Waals surface area contributed by atoms with Crippen LogP contribution >= 0.6 is 0 Å². The largest absolute Gasteiger partial charge is 0.367 e. The van der Waals surface area contributed by atoms with Crippen LogP contribution in [0.5, 0.6) is 0 Å².